The maximum atomic E-state index is 12.8. The van der Waals surface area contributed by atoms with Crippen molar-refractivity contribution in [2.75, 3.05) is 5.32 Å². The zero-order valence-electron chi connectivity index (χ0n) is 17.4. The van der Waals surface area contributed by atoms with Crippen LogP contribution >= 0.6 is 11.3 Å². The number of carbonyl (C=O) groups excluding carboxylic acids is 4. The van der Waals surface area contributed by atoms with Gasteiger partial charge in [0.25, 0.3) is 5.91 Å². The maximum Gasteiger partial charge on any atom is 0.413 e. The molecule has 1 atom stereocenters. The number of anilines is 1. The van der Waals surface area contributed by atoms with E-state index in [4.69, 9.17) is 4.74 Å². The number of nitrogens with one attached hydrogen (secondary N) is 2. The summed E-state index contributed by atoms with van der Waals surface area (Å²) in [5.74, 6) is -0.582. The van der Waals surface area contributed by atoms with E-state index in [-0.39, 0.29) is 18.2 Å². The molecule has 1 saturated heterocycles. The minimum absolute atomic E-state index is 0.217. The molecule has 0 spiro atoms. The summed E-state index contributed by atoms with van der Waals surface area (Å²) in [6.45, 7) is 5.64. The molecule has 9 nitrogen and oxygen atoms in total. The van der Waals surface area contributed by atoms with E-state index in [1.54, 1.807) is 38.3 Å². The molecule has 4 amide bonds. The summed E-state index contributed by atoms with van der Waals surface area (Å²) in [4.78, 5) is 54.2. The Hall–Kier alpha value is -3.27. The smallest absolute Gasteiger partial charge is 0.413 e. The third-order valence-corrected chi connectivity index (χ3v) is 5.80. The molecule has 4 rings (SSSR count). The van der Waals surface area contributed by atoms with Crippen LogP contribution in [0.25, 0.3) is 10.6 Å². The number of benzene rings is 1. The Morgan fingerprint density at radius 3 is 2.77 bits per heavy atom. The minimum atomic E-state index is -0.648. The number of ether oxygens (including phenoxy) is 1. The Morgan fingerprint density at radius 2 is 2.06 bits per heavy atom. The summed E-state index contributed by atoms with van der Waals surface area (Å²) in [5.41, 5.74) is 1.53. The topological polar surface area (TPSA) is 118 Å². The van der Waals surface area contributed by atoms with E-state index in [0.717, 1.165) is 11.1 Å². The predicted molar refractivity (Wildman–Crippen MR) is 113 cm³/mol. The molecule has 10 heteroatoms. The molecule has 1 fully saturated rings. The number of hydrogen-bond acceptors (Lipinski definition) is 7. The lowest BCUT2D eigenvalue weighted by molar-refractivity contribution is -0.136. The number of aromatic nitrogens is 1. The normalized spacial score (nSPS) is 18.6. The summed E-state index contributed by atoms with van der Waals surface area (Å²) in [7, 11) is 0. The molecule has 1 aromatic carbocycles. The van der Waals surface area contributed by atoms with Crippen LogP contribution < -0.4 is 10.6 Å². The third kappa shape index (κ3) is 4.43. The minimum Gasteiger partial charge on any atom is -0.444 e. The SMILES string of the molecule is CC(C)(C)OC(=O)Nc1csc(-c2ccc3c(c2)CN(C2CCC(=O)NC2=O)C3=O)n1. The molecule has 2 aromatic rings. The first-order valence-electron chi connectivity index (χ1n) is 9.84. The largest absolute Gasteiger partial charge is 0.444 e. The average molecular weight is 442 g/mol. The Balaban J connectivity index is 1.49. The molecule has 2 aliphatic rings. The number of thiazole rings is 1. The summed E-state index contributed by atoms with van der Waals surface area (Å²) < 4.78 is 5.23. The standard InChI is InChI=1S/C21H22N4O5S/c1-21(2,3)30-20(29)23-15-10-31-18(22-15)11-4-5-13-12(8-11)9-25(19(13)28)14-6-7-16(26)24-17(14)27/h4-5,8,10,14H,6-7,9H2,1-3H3,(H,23,29)(H,24,26,27). The van der Waals surface area contributed by atoms with Crippen molar-refractivity contribution in [3.8, 4) is 10.6 Å². The van der Waals surface area contributed by atoms with Crippen LogP contribution in [-0.2, 0) is 20.9 Å². The molecule has 3 heterocycles. The summed E-state index contributed by atoms with van der Waals surface area (Å²) in [6.07, 6.45) is -0.0404. The molecule has 2 aliphatic heterocycles. The average Bonchev–Trinajstić information content (AvgIpc) is 3.25. The lowest BCUT2D eigenvalue weighted by atomic mass is 10.0. The van der Waals surface area contributed by atoms with Gasteiger partial charge in [-0.2, -0.15) is 0 Å². The molecule has 2 N–H and O–H groups in total. The molecule has 0 saturated carbocycles. The van der Waals surface area contributed by atoms with Crippen molar-refractivity contribution >= 4 is 41.0 Å². The fourth-order valence-electron chi connectivity index (χ4n) is 3.58. The van der Waals surface area contributed by atoms with Crippen molar-refractivity contribution in [2.24, 2.45) is 0 Å². The molecule has 31 heavy (non-hydrogen) atoms. The quantitative estimate of drug-likeness (QED) is 0.706. The fraction of sp³-hybridized carbons (Fsp3) is 0.381. The molecular weight excluding hydrogens is 420 g/mol. The molecule has 0 aliphatic carbocycles. The number of rotatable bonds is 3. The van der Waals surface area contributed by atoms with E-state index in [2.05, 4.69) is 15.6 Å². The van der Waals surface area contributed by atoms with Gasteiger partial charge in [0.05, 0.1) is 0 Å². The predicted octanol–water partition coefficient (Wildman–Crippen LogP) is 2.92. The van der Waals surface area contributed by atoms with Gasteiger partial charge >= 0.3 is 6.09 Å². The number of hydrogen-bond donors (Lipinski definition) is 2. The van der Waals surface area contributed by atoms with Gasteiger partial charge in [0, 0.05) is 29.5 Å². The van der Waals surface area contributed by atoms with E-state index >= 15 is 0 Å². The van der Waals surface area contributed by atoms with Gasteiger partial charge in [0.1, 0.15) is 22.5 Å². The van der Waals surface area contributed by atoms with E-state index in [1.165, 1.54) is 16.2 Å². The second kappa shape index (κ2) is 7.77. The van der Waals surface area contributed by atoms with Crippen LogP contribution in [0.15, 0.2) is 23.6 Å². The number of imide groups is 1. The van der Waals surface area contributed by atoms with Crippen LogP contribution in [0.4, 0.5) is 10.6 Å². The first kappa shape index (κ1) is 21.0. The highest BCUT2D eigenvalue weighted by molar-refractivity contribution is 7.13. The van der Waals surface area contributed by atoms with Gasteiger partial charge in [0.15, 0.2) is 0 Å². The van der Waals surface area contributed by atoms with Crippen molar-refractivity contribution in [1.82, 2.24) is 15.2 Å². The van der Waals surface area contributed by atoms with Crippen molar-refractivity contribution in [3.63, 3.8) is 0 Å². The summed E-state index contributed by atoms with van der Waals surface area (Å²) >= 11 is 1.36. The van der Waals surface area contributed by atoms with Gasteiger partial charge in [-0.15, -0.1) is 11.3 Å². The van der Waals surface area contributed by atoms with Crippen molar-refractivity contribution in [2.45, 2.75) is 51.8 Å². The number of carbonyl (C=O) groups is 4. The number of piperidine rings is 1. The summed E-state index contributed by atoms with van der Waals surface area (Å²) in [5, 5.41) is 7.31. The van der Waals surface area contributed by atoms with Crippen LogP contribution in [0.2, 0.25) is 0 Å². The van der Waals surface area contributed by atoms with Crippen molar-refractivity contribution in [1.29, 1.82) is 0 Å². The lowest BCUT2D eigenvalue weighted by Crippen LogP contribution is -2.52. The van der Waals surface area contributed by atoms with E-state index in [1.807, 2.05) is 6.07 Å². The first-order valence-corrected chi connectivity index (χ1v) is 10.7. The first-order chi connectivity index (χ1) is 14.6. The highest BCUT2D eigenvalue weighted by Crippen LogP contribution is 2.33. The molecule has 1 aromatic heterocycles. The zero-order chi connectivity index (χ0) is 22.3. The van der Waals surface area contributed by atoms with Gasteiger partial charge in [-0.25, -0.2) is 9.78 Å². The Labute approximate surface area is 182 Å². The van der Waals surface area contributed by atoms with Gasteiger partial charge in [-0.1, -0.05) is 6.07 Å². The number of fused-ring (bicyclic) bond motifs is 1. The fourth-order valence-corrected chi connectivity index (χ4v) is 4.33. The van der Waals surface area contributed by atoms with Gasteiger partial charge < -0.3 is 9.64 Å². The van der Waals surface area contributed by atoms with Gasteiger partial charge in [-0.3, -0.25) is 25.0 Å². The van der Waals surface area contributed by atoms with E-state index in [0.29, 0.717) is 29.4 Å². The summed E-state index contributed by atoms with van der Waals surface area (Å²) in [6, 6.07) is 4.74. The Bertz CT molecular complexity index is 1090. The Morgan fingerprint density at radius 1 is 1.29 bits per heavy atom. The molecule has 0 bridgehead atoms. The van der Waals surface area contributed by atoms with Crippen molar-refractivity contribution < 1.29 is 23.9 Å². The molecule has 162 valence electrons. The zero-order valence-corrected chi connectivity index (χ0v) is 18.2. The highest BCUT2D eigenvalue weighted by Gasteiger charge is 2.39. The van der Waals surface area contributed by atoms with Crippen LogP contribution in [0.3, 0.4) is 0 Å². The molecule has 0 radical (unpaired) electrons. The highest BCUT2D eigenvalue weighted by atomic mass is 32.1. The van der Waals surface area contributed by atoms with Gasteiger partial charge in [-0.05, 0) is 44.9 Å². The van der Waals surface area contributed by atoms with Crippen molar-refractivity contribution in [3.05, 3.63) is 34.7 Å². The van der Waals surface area contributed by atoms with Crippen LogP contribution in [-0.4, -0.2) is 45.3 Å². The molecular formula is C21H22N4O5S. The maximum absolute atomic E-state index is 12.8. The molecule has 1 unspecified atom stereocenters. The second-order valence-corrected chi connectivity index (χ2v) is 9.29. The van der Waals surface area contributed by atoms with Crippen LogP contribution in [0, 0.1) is 0 Å². The monoisotopic (exact) mass is 442 g/mol. The second-order valence-electron chi connectivity index (χ2n) is 8.44. The third-order valence-electron chi connectivity index (χ3n) is 4.90. The number of amides is 4. The van der Waals surface area contributed by atoms with E-state index < -0.39 is 23.6 Å². The Kier molecular flexibility index (Phi) is 5.26. The van der Waals surface area contributed by atoms with E-state index in [9.17, 15) is 19.2 Å². The van der Waals surface area contributed by atoms with Gasteiger partial charge in [0.2, 0.25) is 11.8 Å². The van der Waals surface area contributed by atoms with Crippen LogP contribution in [0.1, 0.15) is 49.5 Å². The lowest BCUT2D eigenvalue weighted by Gasteiger charge is -2.29. The number of nitrogens with zero attached hydrogens (tertiary/aromatic N) is 2. The van der Waals surface area contributed by atoms with Crippen LogP contribution in [0.5, 0.6) is 0 Å².